The predicted octanol–water partition coefficient (Wildman–Crippen LogP) is 4.69. The lowest BCUT2D eigenvalue weighted by Crippen LogP contribution is -2.49. The minimum Gasteiger partial charge on any atom is -0.497 e. The molecule has 1 aliphatic rings. The maximum atomic E-state index is 13.1. The Hall–Kier alpha value is -2.56. The summed E-state index contributed by atoms with van der Waals surface area (Å²) < 4.78 is 11.0. The fourth-order valence-corrected chi connectivity index (χ4v) is 3.58. The van der Waals surface area contributed by atoms with Crippen LogP contribution in [0.2, 0.25) is 0 Å². The smallest absolute Gasteiger partial charge is 0.417 e. The molecule has 5 nitrogen and oxygen atoms in total. The number of benzene rings is 1. The summed E-state index contributed by atoms with van der Waals surface area (Å²) in [7, 11) is 0. The van der Waals surface area contributed by atoms with Crippen molar-refractivity contribution in [3.05, 3.63) is 60.9 Å². The second-order valence-electron chi connectivity index (χ2n) is 7.62. The van der Waals surface area contributed by atoms with E-state index in [1.54, 1.807) is 12.2 Å². The zero-order valence-corrected chi connectivity index (χ0v) is 16.6. The van der Waals surface area contributed by atoms with Crippen molar-refractivity contribution < 1.29 is 19.1 Å². The molecule has 27 heavy (non-hydrogen) atoms. The maximum Gasteiger partial charge on any atom is 0.417 e. The normalized spacial score (nSPS) is 20.0. The van der Waals surface area contributed by atoms with Gasteiger partial charge in [-0.2, -0.15) is 0 Å². The van der Waals surface area contributed by atoms with Crippen molar-refractivity contribution in [2.24, 2.45) is 11.8 Å². The van der Waals surface area contributed by atoms with Gasteiger partial charge in [-0.15, -0.1) is 6.58 Å². The number of ether oxygens (including phenoxy) is 2. The molecule has 146 valence electrons. The summed E-state index contributed by atoms with van der Waals surface area (Å²) >= 11 is 0. The van der Waals surface area contributed by atoms with Crippen LogP contribution in [0.15, 0.2) is 55.3 Å². The van der Waals surface area contributed by atoms with Gasteiger partial charge in [0.2, 0.25) is 5.91 Å². The Balaban J connectivity index is 2.10. The van der Waals surface area contributed by atoms with Gasteiger partial charge in [0.25, 0.3) is 0 Å². The Morgan fingerprint density at radius 2 is 2.00 bits per heavy atom. The number of rotatable bonds is 8. The second kappa shape index (κ2) is 8.89. The maximum absolute atomic E-state index is 13.1. The average Bonchev–Trinajstić information content (AvgIpc) is 2.86. The van der Waals surface area contributed by atoms with Crippen LogP contribution in [0.25, 0.3) is 0 Å². The van der Waals surface area contributed by atoms with Crippen molar-refractivity contribution in [1.82, 2.24) is 4.90 Å². The zero-order valence-electron chi connectivity index (χ0n) is 16.6. The van der Waals surface area contributed by atoms with Crippen molar-refractivity contribution in [2.45, 2.75) is 52.4 Å². The van der Waals surface area contributed by atoms with E-state index in [1.165, 1.54) is 11.2 Å². The van der Waals surface area contributed by atoms with Gasteiger partial charge in [0.1, 0.15) is 12.2 Å². The highest BCUT2D eigenvalue weighted by Crippen LogP contribution is 2.35. The van der Waals surface area contributed by atoms with E-state index >= 15 is 0 Å². The summed E-state index contributed by atoms with van der Waals surface area (Å²) in [6, 6.07) is 9.45. The summed E-state index contributed by atoms with van der Waals surface area (Å²) in [5.74, 6) is -0.734. The molecular weight excluding hydrogens is 342 g/mol. The van der Waals surface area contributed by atoms with Crippen LogP contribution < -0.4 is 0 Å². The van der Waals surface area contributed by atoms with Crippen LogP contribution in [-0.4, -0.2) is 28.5 Å². The van der Waals surface area contributed by atoms with E-state index in [-0.39, 0.29) is 17.9 Å². The third-order valence-corrected chi connectivity index (χ3v) is 4.64. The lowest BCUT2D eigenvalue weighted by Gasteiger charge is -2.32. The van der Waals surface area contributed by atoms with Gasteiger partial charge in [0, 0.05) is 0 Å². The number of amides is 2. The fourth-order valence-electron chi connectivity index (χ4n) is 3.58. The van der Waals surface area contributed by atoms with Gasteiger partial charge in [0.15, 0.2) is 0 Å². The van der Waals surface area contributed by atoms with Crippen LogP contribution in [-0.2, 0) is 20.9 Å². The Morgan fingerprint density at radius 1 is 1.33 bits per heavy atom. The Bertz CT molecular complexity index is 694. The fraction of sp³-hybridized carbons (Fsp3) is 0.455. The molecule has 1 aliphatic heterocycles. The molecule has 2 atom stereocenters. The molecule has 1 saturated heterocycles. The summed E-state index contributed by atoms with van der Waals surface area (Å²) in [6.07, 6.45) is 4.70. The number of carbonyl (C=O) groups is 2. The number of cyclic esters (lactones) is 1. The first-order valence-electron chi connectivity index (χ1n) is 9.27. The van der Waals surface area contributed by atoms with Gasteiger partial charge in [-0.25, -0.2) is 9.69 Å². The van der Waals surface area contributed by atoms with E-state index in [9.17, 15) is 9.59 Å². The van der Waals surface area contributed by atoms with Crippen molar-refractivity contribution >= 4 is 12.0 Å². The van der Waals surface area contributed by atoms with Gasteiger partial charge >= 0.3 is 6.09 Å². The number of carbonyl (C=O) groups excluding carboxylic acids is 2. The van der Waals surface area contributed by atoms with E-state index < -0.39 is 17.6 Å². The number of allylic oxidation sites excluding steroid dienone is 1. The molecule has 0 aliphatic carbocycles. The van der Waals surface area contributed by atoms with E-state index in [2.05, 4.69) is 6.58 Å². The first kappa shape index (κ1) is 20.7. The molecule has 0 bridgehead atoms. The van der Waals surface area contributed by atoms with E-state index in [0.717, 1.165) is 5.56 Å². The Kier molecular flexibility index (Phi) is 6.83. The third-order valence-electron chi connectivity index (χ3n) is 4.64. The molecular formula is C22H29NO4. The van der Waals surface area contributed by atoms with Crippen LogP contribution in [0.4, 0.5) is 4.79 Å². The van der Waals surface area contributed by atoms with Crippen LogP contribution in [0, 0.1) is 11.8 Å². The highest BCUT2D eigenvalue weighted by molar-refractivity contribution is 5.96. The first-order chi connectivity index (χ1) is 12.8. The Morgan fingerprint density at radius 3 is 2.59 bits per heavy atom. The highest BCUT2D eigenvalue weighted by Gasteiger charge is 2.52. The Labute approximate surface area is 161 Å². The third kappa shape index (κ3) is 5.00. The molecule has 1 heterocycles. The van der Waals surface area contributed by atoms with Crippen molar-refractivity contribution in [2.75, 3.05) is 0 Å². The molecule has 0 spiro atoms. The van der Waals surface area contributed by atoms with Crippen molar-refractivity contribution in [1.29, 1.82) is 0 Å². The SMILES string of the molecule is C=CC[C@H](/C=C\OCc1ccccc1)C(=O)N1C(=O)OC(C)(C)[C@@H]1C(C)C. The lowest BCUT2D eigenvalue weighted by atomic mass is 9.88. The topological polar surface area (TPSA) is 55.8 Å². The summed E-state index contributed by atoms with van der Waals surface area (Å²) in [5, 5.41) is 0. The lowest BCUT2D eigenvalue weighted by molar-refractivity contribution is -0.133. The number of imide groups is 1. The molecule has 0 N–H and O–H groups in total. The molecule has 2 amide bonds. The first-order valence-corrected chi connectivity index (χ1v) is 9.27. The molecule has 0 aromatic heterocycles. The number of hydrogen-bond donors (Lipinski definition) is 0. The van der Waals surface area contributed by atoms with Gasteiger partial charge < -0.3 is 9.47 Å². The molecule has 0 saturated carbocycles. The van der Waals surface area contributed by atoms with Gasteiger partial charge in [-0.3, -0.25) is 4.79 Å². The minimum atomic E-state index is -0.715. The standard InChI is InChI=1S/C22H29NO4/c1-6-10-18(13-14-26-15-17-11-8-7-9-12-17)20(24)23-19(16(2)3)22(4,5)27-21(23)25/h6-9,11-14,16,18-19H,1,10,15H2,2-5H3/b14-13-/t18-,19+/m1/s1. The van der Waals surface area contributed by atoms with Crippen LogP contribution in [0.1, 0.15) is 39.7 Å². The monoisotopic (exact) mass is 371 g/mol. The molecule has 0 unspecified atom stereocenters. The largest absolute Gasteiger partial charge is 0.497 e. The van der Waals surface area contributed by atoms with Gasteiger partial charge in [-0.05, 0) is 37.8 Å². The highest BCUT2D eigenvalue weighted by atomic mass is 16.6. The van der Waals surface area contributed by atoms with Crippen LogP contribution in [0.3, 0.4) is 0 Å². The van der Waals surface area contributed by atoms with Crippen LogP contribution >= 0.6 is 0 Å². The van der Waals surface area contributed by atoms with Crippen LogP contribution in [0.5, 0.6) is 0 Å². The number of nitrogens with zero attached hydrogens (tertiary/aromatic N) is 1. The van der Waals surface area contributed by atoms with E-state index in [0.29, 0.717) is 13.0 Å². The summed E-state index contributed by atoms with van der Waals surface area (Å²) in [5.41, 5.74) is 0.325. The molecule has 1 fully saturated rings. The van der Waals surface area contributed by atoms with Crippen molar-refractivity contribution in [3.8, 4) is 0 Å². The zero-order chi connectivity index (χ0) is 20.0. The van der Waals surface area contributed by atoms with Gasteiger partial charge in [-0.1, -0.05) is 50.3 Å². The molecule has 0 radical (unpaired) electrons. The molecule has 5 heteroatoms. The predicted molar refractivity (Wildman–Crippen MR) is 105 cm³/mol. The quantitative estimate of drug-likeness (QED) is 0.491. The second-order valence-corrected chi connectivity index (χ2v) is 7.62. The van der Waals surface area contributed by atoms with Crippen molar-refractivity contribution in [3.63, 3.8) is 0 Å². The minimum absolute atomic E-state index is 0.0816. The molecule has 1 aromatic rings. The average molecular weight is 371 g/mol. The molecule has 2 rings (SSSR count). The molecule has 1 aromatic carbocycles. The van der Waals surface area contributed by atoms with E-state index in [1.807, 2.05) is 58.0 Å². The summed E-state index contributed by atoms with van der Waals surface area (Å²) in [6.45, 7) is 11.8. The summed E-state index contributed by atoms with van der Waals surface area (Å²) in [4.78, 5) is 26.7. The number of hydrogen-bond acceptors (Lipinski definition) is 4. The van der Waals surface area contributed by atoms with Gasteiger partial charge in [0.05, 0.1) is 18.2 Å². The van der Waals surface area contributed by atoms with E-state index in [4.69, 9.17) is 9.47 Å².